The van der Waals surface area contributed by atoms with E-state index < -0.39 is 0 Å². The lowest BCUT2D eigenvalue weighted by Gasteiger charge is -2.27. The second-order valence-electron chi connectivity index (χ2n) is 5.80. The van der Waals surface area contributed by atoms with Gasteiger partial charge in [0.05, 0.1) is 0 Å². The van der Waals surface area contributed by atoms with Crippen LogP contribution in [0.5, 0.6) is 0 Å². The van der Waals surface area contributed by atoms with Gasteiger partial charge in [-0.1, -0.05) is 33.6 Å². The normalized spacial score (nSPS) is 15.8. The predicted octanol–water partition coefficient (Wildman–Crippen LogP) is 3.13. The molecule has 0 heterocycles. The number of hydrogen-bond acceptors (Lipinski definition) is 2. The van der Waals surface area contributed by atoms with Crippen molar-refractivity contribution in [3.05, 3.63) is 0 Å². The molecular formula is C14H32N2. The minimum Gasteiger partial charge on any atom is -0.310 e. The monoisotopic (exact) mass is 228 g/mol. The highest BCUT2D eigenvalue weighted by Crippen LogP contribution is 2.08. The quantitative estimate of drug-likeness (QED) is 0.652. The third-order valence-corrected chi connectivity index (χ3v) is 2.85. The van der Waals surface area contributed by atoms with Crippen LogP contribution < -0.4 is 5.32 Å². The van der Waals surface area contributed by atoms with Crippen LogP contribution in [0.3, 0.4) is 0 Å². The first-order valence-corrected chi connectivity index (χ1v) is 6.86. The molecule has 98 valence electrons. The zero-order chi connectivity index (χ0) is 12.6. The molecule has 2 atom stereocenters. The summed E-state index contributed by atoms with van der Waals surface area (Å²) in [6.45, 7) is 10.3. The fourth-order valence-electron chi connectivity index (χ4n) is 2.20. The molecular weight excluding hydrogens is 196 g/mol. The average molecular weight is 228 g/mol. The summed E-state index contributed by atoms with van der Waals surface area (Å²) in [5, 5.41) is 3.77. The Kier molecular flexibility index (Phi) is 8.96. The van der Waals surface area contributed by atoms with E-state index in [-0.39, 0.29) is 0 Å². The molecule has 0 aliphatic heterocycles. The Bertz CT molecular complexity index is 145. The number of nitrogens with zero attached hydrogens (tertiary/aromatic N) is 1. The average Bonchev–Trinajstić information content (AvgIpc) is 2.12. The van der Waals surface area contributed by atoms with Gasteiger partial charge in [0, 0.05) is 18.6 Å². The Balaban J connectivity index is 3.98. The molecule has 0 rings (SSSR count). The van der Waals surface area contributed by atoms with Crippen LogP contribution in [0.4, 0.5) is 0 Å². The summed E-state index contributed by atoms with van der Waals surface area (Å²) >= 11 is 0. The Morgan fingerprint density at radius 1 is 1.12 bits per heavy atom. The minimum absolute atomic E-state index is 0.641. The summed E-state index contributed by atoms with van der Waals surface area (Å²) < 4.78 is 0. The first-order chi connectivity index (χ1) is 7.45. The Hall–Kier alpha value is -0.0800. The van der Waals surface area contributed by atoms with Gasteiger partial charge in [0.25, 0.3) is 0 Å². The summed E-state index contributed by atoms with van der Waals surface area (Å²) in [6, 6.07) is 1.30. The van der Waals surface area contributed by atoms with Crippen molar-refractivity contribution >= 4 is 0 Å². The first kappa shape index (κ1) is 15.9. The van der Waals surface area contributed by atoms with Crippen LogP contribution in [0, 0.1) is 5.92 Å². The van der Waals surface area contributed by atoms with E-state index in [0.29, 0.717) is 12.1 Å². The molecule has 0 fully saturated rings. The number of rotatable bonds is 9. The highest BCUT2D eigenvalue weighted by atomic mass is 15.1. The SMILES string of the molecule is CCCCC(C)NC(CC(C)C)CN(C)C. The summed E-state index contributed by atoms with van der Waals surface area (Å²) in [5.41, 5.74) is 0. The number of unbranched alkanes of at least 4 members (excludes halogenated alkanes) is 1. The van der Waals surface area contributed by atoms with Crippen molar-refractivity contribution in [3.63, 3.8) is 0 Å². The zero-order valence-electron chi connectivity index (χ0n) is 12.2. The molecule has 0 saturated carbocycles. The molecule has 0 aromatic carbocycles. The maximum Gasteiger partial charge on any atom is 0.0199 e. The van der Waals surface area contributed by atoms with Crippen LogP contribution in [-0.4, -0.2) is 37.6 Å². The third-order valence-electron chi connectivity index (χ3n) is 2.85. The van der Waals surface area contributed by atoms with E-state index in [0.717, 1.165) is 12.5 Å². The van der Waals surface area contributed by atoms with Crippen molar-refractivity contribution in [2.45, 2.75) is 65.5 Å². The lowest BCUT2D eigenvalue weighted by molar-refractivity contribution is 0.284. The second-order valence-corrected chi connectivity index (χ2v) is 5.80. The van der Waals surface area contributed by atoms with Gasteiger partial charge in [-0.05, 0) is 39.8 Å². The highest BCUT2D eigenvalue weighted by Gasteiger charge is 2.14. The van der Waals surface area contributed by atoms with E-state index in [2.05, 4.69) is 52.0 Å². The molecule has 0 saturated heterocycles. The van der Waals surface area contributed by atoms with Gasteiger partial charge in [0.1, 0.15) is 0 Å². The Morgan fingerprint density at radius 3 is 2.19 bits per heavy atom. The van der Waals surface area contributed by atoms with Crippen molar-refractivity contribution < 1.29 is 0 Å². The molecule has 0 aromatic heterocycles. The summed E-state index contributed by atoms with van der Waals surface area (Å²) in [7, 11) is 4.32. The van der Waals surface area contributed by atoms with Gasteiger partial charge >= 0.3 is 0 Å². The molecule has 0 aliphatic rings. The molecule has 2 nitrogen and oxygen atoms in total. The largest absolute Gasteiger partial charge is 0.310 e. The molecule has 1 N–H and O–H groups in total. The summed E-state index contributed by atoms with van der Waals surface area (Å²) in [4.78, 5) is 2.28. The Labute approximate surface area is 103 Å². The van der Waals surface area contributed by atoms with Gasteiger partial charge < -0.3 is 10.2 Å². The van der Waals surface area contributed by atoms with E-state index in [4.69, 9.17) is 0 Å². The van der Waals surface area contributed by atoms with E-state index in [1.807, 2.05) is 0 Å². The topological polar surface area (TPSA) is 15.3 Å². The molecule has 0 aliphatic carbocycles. The molecule has 0 aromatic rings. The molecule has 0 bridgehead atoms. The lowest BCUT2D eigenvalue weighted by atomic mass is 10.0. The fraction of sp³-hybridized carbons (Fsp3) is 1.00. The van der Waals surface area contributed by atoms with Crippen molar-refractivity contribution in [2.75, 3.05) is 20.6 Å². The molecule has 0 radical (unpaired) electrons. The number of likely N-dealkylation sites (N-methyl/N-ethyl adjacent to an activating group) is 1. The Morgan fingerprint density at radius 2 is 1.75 bits per heavy atom. The van der Waals surface area contributed by atoms with E-state index in [1.165, 1.54) is 25.7 Å². The number of hydrogen-bond donors (Lipinski definition) is 1. The van der Waals surface area contributed by atoms with E-state index in [1.54, 1.807) is 0 Å². The van der Waals surface area contributed by atoms with E-state index in [9.17, 15) is 0 Å². The maximum atomic E-state index is 3.77. The van der Waals surface area contributed by atoms with E-state index >= 15 is 0 Å². The smallest absolute Gasteiger partial charge is 0.0199 e. The van der Waals surface area contributed by atoms with Crippen LogP contribution >= 0.6 is 0 Å². The van der Waals surface area contributed by atoms with Crippen LogP contribution in [0.1, 0.15) is 53.4 Å². The minimum atomic E-state index is 0.641. The maximum absolute atomic E-state index is 3.77. The van der Waals surface area contributed by atoms with Crippen molar-refractivity contribution in [1.29, 1.82) is 0 Å². The third kappa shape index (κ3) is 9.17. The van der Waals surface area contributed by atoms with Crippen LogP contribution in [0.2, 0.25) is 0 Å². The first-order valence-electron chi connectivity index (χ1n) is 6.86. The van der Waals surface area contributed by atoms with Gasteiger partial charge in [0.2, 0.25) is 0 Å². The van der Waals surface area contributed by atoms with Gasteiger partial charge in [-0.3, -0.25) is 0 Å². The summed E-state index contributed by atoms with van der Waals surface area (Å²) in [5.74, 6) is 0.774. The van der Waals surface area contributed by atoms with Gasteiger partial charge in [-0.2, -0.15) is 0 Å². The van der Waals surface area contributed by atoms with Crippen LogP contribution in [0.15, 0.2) is 0 Å². The van der Waals surface area contributed by atoms with Crippen LogP contribution in [-0.2, 0) is 0 Å². The molecule has 2 unspecified atom stereocenters. The van der Waals surface area contributed by atoms with Crippen molar-refractivity contribution in [3.8, 4) is 0 Å². The molecule has 0 spiro atoms. The van der Waals surface area contributed by atoms with Crippen LogP contribution in [0.25, 0.3) is 0 Å². The lowest BCUT2D eigenvalue weighted by Crippen LogP contribution is -2.43. The summed E-state index contributed by atoms with van der Waals surface area (Å²) in [6.07, 6.45) is 5.21. The predicted molar refractivity (Wildman–Crippen MR) is 73.9 cm³/mol. The molecule has 0 amide bonds. The van der Waals surface area contributed by atoms with Crippen molar-refractivity contribution in [2.24, 2.45) is 5.92 Å². The molecule has 2 heteroatoms. The zero-order valence-corrected chi connectivity index (χ0v) is 12.2. The standard InChI is InChI=1S/C14H32N2/c1-7-8-9-13(4)15-14(10-12(2)3)11-16(5)6/h12-15H,7-11H2,1-6H3. The number of nitrogens with one attached hydrogen (secondary N) is 1. The molecule has 16 heavy (non-hydrogen) atoms. The van der Waals surface area contributed by atoms with Gasteiger partial charge in [-0.15, -0.1) is 0 Å². The van der Waals surface area contributed by atoms with Gasteiger partial charge in [0.15, 0.2) is 0 Å². The second kappa shape index (κ2) is 9.00. The highest BCUT2D eigenvalue weighted by molar-refractivity contribution is 4.75. The van der Waals surface area contributed by atoms with Gasteiger partial charge in [-0.25, -0.2) is 0 Å². The van der Waals surface area contributed by atoms with Crippen molar-refractivity contribution in [1.82, 2.24) is 10.2 Å². The fourth-order valence-corrected chi connectivity index (χ4v) is 2.20.